The molecule has 8 nitrogen and oxygen atoms in total. The zero-order chi connectivity index (χ0) is 23.3. The first-order chi connectivity index (χ1) is 14.5. The van der Waals surface area contributed by atoms with Gasteiger partial charge in [-0.05, 0) is 39.2 Å². The summed E-state index contributed by atoms with van der Waals surface area (Å²) in [6.45, 7) is 5.79. The second kappa shape index (κ2) is 10.5. The molecule has 0 saturated carbocycles. The van der Waals surface area contributed by atoms with Crippen LogP contribution in [0.25, 0.3) is 0 Å². The Morgan fingerprint density at radius 3 is 2.61 bits per heavy atom. The number of rotatable bonds is 5. The van der Waals surface area contributed by atoms with Gasteiger partial charge >= 0.3 is 0 Å². The first-order valence-corrected chi connectivity index (χ1v) is 11.7. The van der Waals surface area contributed by atoms with Gasteiger partial charge in [-0.25, -0.2) is 8.42 Å². The van der Waals surface area contributed by atoms with Crippen LogP contribution < -0.4 is 4.74 Å². The predicted octanol–water partition coefficient (Wildman–Crippen LogP) is 0.847. The number of sulfonamides is 1. The van der Waals surface area contributed by atoms with E-state index in [1.165, 1.54) is 17.3 Å². The first-order valence-electron chi connectivity index (χ1n) is 10.3. The summed E-state index contributed by atoms with van der Waals surface area (Å²) in [4.78, 5) is 15.3. The maximum absolute atomic E-state index is 13.4. The topological polar surface area (TPSA) is 90.4 Å². The highest BCUT2D eigenvalue weighted by atomic mass is 32.2. The Balaban J connectivity index is 2.56. The molecule has 0 spiro atoms. The molecule has 0 radical (unpaired) electrons. The minimum atomic E-state index is -3.89. The lowest BCUT2D eigenvalue weighted by Crippen LogP contribution is -2.50. The van der Waals surface area contributed by atoms with Gasteiger partial charge in [0, 0.05) is 38.0 Å². The summed E-state index contributed by atoms with van der Waals surface area (Å²) >= 11 is 0. The van der Waals surface area contributed by atoms with E-state index in [1.807, 2.05) is 25.9 Å². The quantitative estimate of drug-likeness (QED) is 0.668. The maximum atomic E-state index is 13.4. The highest BCUT2D eigenvalue weighted by Gasteiger charge is 2.38. The van der Waals surface area contributed by atoms with E-state index in [2.05, 4.69) is 11.8 Å². The largest absolute Gasteiger partial charge is 0.487 e. The van der Waals surface area contributed by atoms with Gasteiger partial charge in [0.2, 0.25) is 15.9 Å². The minimum absolute atomic E-state index is 0.0355. The van der Waals surface area contributed by atoms with Gasteiger partial charge in [0.1, 0.15) is 16.7 Å². The number of fused-ring (bicyclic) bond motifs is 1. The molecule has 1 aliphatic rings. The van der Waals surface area contributed by atoms with E-state index >= 15 is 0 Å². The van der Waals surface area contributed by atoms with Gasteiger partial charge in [-0.3, -0.25) is 9.69 Å². The molecule has 0 unspecified atom stereocenters. The zero-order valence-electron chi connectivity index (χ0n) is 19.1. The molecule has 0 aliphatic carbocycles. The van der Waals surface area contributed by atoms with Crippen molar-refractivity contribution in [2.45, 2.75) is 37.8 Å². The van der Waals surface area contributed by atoms with Crippen molar-refractivity contribution in [3.05, 3.63) is 23.8 Å². The SMILES string of the molecule is CC(=O)N(C)C[C@H]1Oc2cc(C#CCN(C)C)ccc2S(=O)(=O)N([C@H](C)CO)C[C@H]1C. The van der Waals surface area contributed by atoms with Crippen LogP contribution in [0, 0.1) is 17.8 Å². The summed E-state index contributed by atoms with van der Waals surface area (Å²) in [5.74, 6) is 5.96. The minimum Gasteiger partial charge on any atom is -0.487 e. The predicted molar refractivity (Wildman–Crippen MR) is 119 cm³/mol. The van der Waals surface area contributed by atoms with E-state index in [4.69, 9.17) is 4.74 Å². The molecule has 1 heterocycles. The molecule has 1 aromatic carbocycles. The fourth-order valence-electron chi connectivity index (χ4n) is 3.22. The molecule has 1 aromatic rings. The lowest BCUT2D eigenvalue weighted by Gasteiger charge is -2.37. The number of hydrogen-bond donors (Lipinski definition) is 1. The summed E-state index contributed by atoms with van der Waals surface area (Å²) in [6, 6.07) is 4.20. The Hall–Kier alpha value is -2.12. The average molecular weight is 452 g/mol. The summed E-state index contributed by atoms with van der Waals surface area (Å²) in [7, 11) is 1.62. The summed E-state index contributed by atoms with van der Waals surface area (Å²) < 4.78 is 34.3. The van der Waals surface area contributed by atoms with Crippen molar-refractivity contribution in [1.29, 1.82) is 0 Å². The van der Waals surface area contributed by atoms with E-state index < -0.39 is 22.2 Å². The lowest BCUT2D eigenvalue weighted by molar-refractivity contribution is -0.129. The van der Waals surface area contributed by atoms with Crippen LogP contribution in [-0.2, 0) is 14.8 Å². The van der Waals surface area contributed by atoms with Crippen molar-refractivity contribution in [3.63, 3.8) is 0 Å². The number of nitrogens with zero attached hydrogens (tertiary/aromatic N) is 3. The standard InChI is InChI=1S/C22H33N3O5S/c1-16-13-25(17(2)15-26)31(28,29)22-10-9-19(8-7-11-23(4)5)12-20(22)30-21(16)14-24(6)18(3)27/h9-10,12,16-17,21,26H,11,13-15H2,1-6H3/t16-,17-,21-/m1/s1. The van der Waals surface area contributed by atoms with Crippen molar-refractivity contribution in [3.8, 4) is 17.6 Å². The van der Waals surface area contributed by atoms with Gasteiger partial charge in [-0.15, -0.1) is 0 Å². The Kier molecular flexibility index (Phi) is 8.49. The Morgan fingerprint density at radius 1 is 1.35 bits per heavy atom. The summed E-state index contributed by atoms with van der Waals surface area (Å²) in [5, 5.41) is 9.67. The summed E-state index contributed by atoms with van der Waals surface area (Å²) in [6.07, 6.45) is -0.429. The first kappa shape index (κ1) is 25.1. The van der Waals surface area contributed by atoms with E-state index in [1.54, 1.807) is 31.0 Å². The van der Waals surface area contributed by atoms with E-state index in [0.717, 1.165) is 0 Å². The molecule has 0 bridgehead atoms. The number of aliphatic hydroxyl groups is 1. The highest BCUT2D eigenvalue weighted by molar-refractivity contribution is 7.89. The van der Waals surface area contributed by atoms with Gasteiger partial charge in [0.15, 0.2) is 0 Å². The molecule has 172 valence electrons. The van der Waals surface area contributed by atoms with Crippen LogP contribution in [0.1, 0.15) is 26.3 Å². The van der Waals surface area contributed by atoms with Crippen LogP contribution in [0.3, 0.4) is 0 Å². The number of carbonyl (C=O) groups is 1. The highest BCUT2D eigenvalue weighted by Crippen LogP contribution is 2.34. The second-order valence-electron chi connectivity index (χ2n) is 8.34. The molecule has 1 aliphatic heterocycles. The number of carbonyl (C=O) groups excluding carboxylic acids is 1. The van der Waals surface area contributed by atoms with Crippen molar-refractivity contribution in [2.24, 2.45) is 5.92 Å². The second-order valence-corrected chi connectivity index (χ2v) is 10.2. The molecule has 1 N–H and O–H groups in total. The number of amides is 1. The number of benzene rings is 1. The number of ether oxygens (including phenoxy) is 1. The monoisotopic (exact) mass is 451 g/mol. The van der Waals surface area contributed by atoms with Crippen molar-refractivity contribution < 1.29 is 23.1 Å². The fraction of sp³-hybridized carbons (Fsp3) is 0.591. The van der Waals surface area contributed by atoms with E-state index in [9.17, 15) is 18.3 Å². The Morgan fingerprint density at radius 2 is 2.03 bits per heavy atom. The van der Waals surface area contributed by atoms with Gasteiger partial charge in [-0.1, -0.05) is 18.8 Å². The fourth-order valence-corrected chi connectivity index (χ4v) is 5.05. The maximum Gasteiger partial charge on any atom is 0.247 e. The third-order valence-corrected chi connectivity index (χ3v) is 7.31. The number of aliphatic hydroxyl groups excluding tert-OH is 1. The van der Waals surface area contributed by atoms with E-state index in [0.29, 0.717) is 18.7 Å². The number of hydrogen-bond acceptors (Lipinski definition) is 6. The zero-order valence-corrected chi connectivity index (χ0v) is 19.9. The van der Waals surface area contributed by atoms with E-state index in [-0.39, 0.29) is 35.6 Å². The normalized spacial score (nSPS) is 21.7. The van der Waals surface area contributed by atoms with Gasteiger partial charge < -0.3 is 14.7 Å². The third-order valence-electron chi connectivity index (χ3n) is 5.29. The summed E-state index contributed by atoms with van der Waals surface area (Å²) in [5.41, 5.74) is 0.643. The molecular weight excluding hydrogens is 418 g/mol. The number of likely N-dealkylation sites (N-methyl/N-ethyl adjacent to an activating group) is 1. The van der Waals surface area contributed by atoms with Crippen molar-refractivity contribution in [1.82, 2.24) is 14.1 Å². The van der Waals surface area contributed by atoms with Crippen LogP contribution in [-0.4, -0.2) is 93.1 Å². The molecule has 1 amide bonds. The van der Waals surface area contributed by atoms with Crippen molar-refractivity contribution in [2.75, 3.05) is 47.4 Å². The van der Waals surface area contributed by atoms with Crippen LogP contribution >= 0.6 is 0 Å². The smallest absolute Gasteiger partial charge is 0.247 e. The van der Waals surface area contributed by atoms with Crippen LogP contribution in [0.4, 0.5) is 0 Å². The molecular formula is C22H33N3O5S. The van der Waals surface area contributed by atoms with Gasteiger partial charge in [-0.2, -0.15) is 4.31 Å². The Labute approximate surface area is 185 Å². The van der Waals surface area contributed by atoms with Crippen LogP contribution in [0.2, 0.25) is 0 Å². The van der Waals surface area contributed by atoms with Crippen molar-refractivity contribution >= 4 is 15.9 Å². The van der Waals surface area contributed by atoms with Crippen LogP contribution in [0.5, 0.6) is 5.75 Å². The molecule has 0 fully saturated rings. The molecule has 0 aromatic heterocycles. The molecule has 31 heavy (non-hydrogen) atoms. The van der Waals surface area contributed by atoms with Crippen LogP contribution in [0.15, 0.2) is 23.1 Å². The molecule has 3 atom stereocenters. The molecule has 9 heteroatoms. The average Bonchev–Trinajstić information content (AvgIpc) is 2.69. The third kappa shape index (κ3) is 6.20. The lowest BCUT2D eigenvalue weighted by atomic mass is 10.0. The Bertz CT molecular complexity index is 952. The molecule has 0 saturated heterocycles. The van der Waals surface area contributed by atoms with Gasteiger partial charge in [0.25, 0.3) is 0 Å². The van der Waals surface area contributed by atoms with Gasteiger partial charge in [0.05, 0.1) is 19.7 Å². The molecule has 2 rings (SSSR count).